The summed E-state index contributed by atoms with van der Waals surface area (Å²) in [5, 5.41) is 9.20. The highest BCUT2D eigenvalue weighted by molar-refractivity contribution is 5.56. The SMILES string of the molecule is CC(N)c1c(F)cccc1N(CCO)C1CCC1. The van der Waals surface area contributed by atoms with E-state index in [1.807, 2.05) is 6.07 Å². The lowest BCUT2D eigenvalue weighted by Crippen LogP contribution is -2.42. The molecule has 0 aromatic heterocycles. The van der Waals surface area contributed by atoms with Crippen molar-refractivity contribution in [3.05, 3.63) is 29.6 Å². The zero-order chi connectivity index (χ0) is 13.1. The van der Waals surface area contributed by atoms with Gasteiger partial charge in [-0.1, -0.05) is 6.07 Å². The van der Waals surface area contributed by atoms with Crippen molar-refractivity contribution in [3.63, 3.8) is 0 Å². The van der Waals surface area contributed by atoms with Gasteiger partial charge in [-0.3, -0.25) is 0 Å². The molecule has 1 aromatic carbocycles. The second-order valence-corrected chi connectivity index (χ2v) is 4.96. The van der Waals surface area contributed by atoms with Crippen molar-refractivity contribution < 1.29 is 9.50 Å². The van der Waals surface area contributed by atoms with Crippen molar-refractivity contribution in [1.82, 2.24) is 0 Å². The summed E-state index contributed by atoms with van der Waals surface area (Å²) in [4.78, 5) is 2.10. The van der Waals surface area contributed by atoms with Gasteiger partial charge in [0.2, 0.25) is 0 Å². The molecule has 1 aliphatic carbocycles. The van der Waals surface area contributed by atoms with Gasteiger partial charge in [0.15, 0.2) is 0 Å². The Labute approximate surface area is 107 Å². The second kappa shape index (κ2) is 5.67. The zero-order valence-corrected chi connectivity index (χ0v) is 10.8. The molecular weight excluding hydrogens is 231 g/mol. The minimum absolute atomic E-state index is 0.0748. The molecule has 0 radical (unpaired) electrons. The molecule has 0 saturated heterocycles. The number of halogens is 1. The van der Waals surface area contributed by atoms with Gasteiger partial charge in [-0.25, -0.2) is 4.39 Å². The van der Waals surface area contributed by atoms with Crippen molar-refractivity contribution in [1.29, 1.82) is 0 Å². The highest BCUT2D eigenvalue weighted by Crippen LogP contribution is 2.34. The maximum Gasteiger partial charge on any atom is 0.130 e. The van der Waals surface area contributed by atoms with E-state index in [1.165, 1.54) is 12.5 Å². The van der Waals surface area contributed by atoms with Gasteiger partial charge in [0.05, 0.1) is 6.61 Å². The van der Waals surface area contributed by atoms with E-state index in [-0.39, 0.29) is 18.5 Å². The number of hydrogen-bond donors (Lipinski definition) is 2. The summed E-state index contributed by atoms with van der Waals surface area (Å²) in [6.45, 7) is 2.40. The molecule has 1 unspecified atom stereocenters. The van der Waals surface area contributed by atoms with Gasteiger partial charge >= 0.3 is 0 Å². The normalized spacial score (nSPS) is 17.3. The average molecular weight is 252 g/mol. The van der Waals surface area contributed by atoms with E-state index in [0.29, 0.717) is 18.2 Å². The molecule has 0 aliphatic heterocycles. The Bertz CT molecular complexity index is 405. The van der Waals surface area contributed by atoms with E-state index >= 15 is 0 Å². The van der Waals surface area contributed by atoms with E-state index < -0.39 is 0 Å². The minimum atomic E-state index is -0.345. The minimum Gasteiger partial charge on any atom is -0.395 e. The number of nitrogens with two attached hydrogens (primary N) is 1. The molecule has 0 amide bonds. The number of nitrogens with zero attached hydrogens (tertiary/aromatic N) is 1. The number of aliphatic hydroxyl groups excluding tert-OH is 1. The standard InChI is InChI=1S/C14H21FN2O/c1-10(16)14-12(15)6-3-7-13(14)17(8-9-18)11-4-2-5-11/h3,6-7,10-11,18H,2,4-5,8-9,16H2,1H3. The fourth-order valence-electron chi connectivity index (χ4n) is 2.53. The molecule has 100 valence electrons. The molecule has 1 fully saturated rings. The summed E-state index contributed by atoms with van der Waals surface area (Å²) in [5.74, 6) is -0.259. The first-order valence-corrected chi connectivity index (χ1v) is 6.56. The van der Waals surface area contributed by atoms with Crippen LogP contribution in [0.2, 0.25) is 0 Å². The molecule has 1 aromatic rings. The van der Waals surface area contributed by atoms with Crippen LogP contribution in [0.15, 0.2) is 18.2 Å². The van der Waals surface area contributed by atoms with Crippen LogP contribution >= 0.6 is 0 Å². The van der Waals surface area contributed by atoms with Crippen LogP contribution in [0.5, 0.6) is 0 Å². The lowest BCUT2D eigenvalue weighted by atomic mass is 9.90. The Morgan fingerprint density at radius 3 is 2.72 bits per heavy atom. The van der Waals surface area contributed by atoms with E-state index in [1.54, 1.807) is 13.0 Å². The molecule has 3 nitrogen and oxygen atoms in total. The lowest BCUT2D eigenvalue weighted by Gasteiger charge is -2.40. The van der Waals surface area contributed by atoms with Gasteiger partial charge in [-0.2, -0.15) is 0 Å². The van der Waals surface area contributed by atoms with Crippen molar-refractivity contribution in [2.75, 3.05) is 18.1 Å². The van der Waals surface area contributed by atoms with Crippen LogP contribution in [0.4, 0.5) is 10.1 Å². The Balaban J connectivity index is 2.36. The molecule has 18 heavy (non-hydrogen) atoms. The number of hydrogen-bond acceptors (Lipinski definition) is 3. The number of anilines is 1. The molecular formula is C14H21FN2O. The van der Waals surface area contributed by atoms with Crippen LogP contribution in [0.1, 0.15) is 37.8 Å². The molecule has 0 heterocycles. The van der Waals surface area contributed by atoms with E-state index in [9.17, 15) is 9.50 Å². The lowest BCUT2D eigenvalue weighted by molar-refractivity contribution is 0.283. The summed E-state index contributed by atoms with van der Waals surface area (Å²) in [6, 6.07) is 5.12. The smallest absolute Gasteiger partial charge is 0.130 e. The van der Waals surface area contributed by atoms with Crippen LogP contribution in [-0.2, 0) is 0 Å². The molecule has 0 bridgehead atoms. The molecule has 0 spiro atoms. The van der Waals surface area contributed by atoms with Gasteiger partial charge in [-0.15, -0.1) is 0 Å². The van der Waals surface area contributed by atoms with Gasteiger partial charge in [0.25, 0.3) is 0 Å². The summed E-state index contributed by atoms with van der Waals surface area (Å²) in [6.07, 6.45) is 3.42. The van der Waals surface area contributed by atoms with E-state index in [0.717, 1.165) is 18.5 Å². The van der Waals surface area contributed by atoms with Crippen molar-refractivity contribution in [2.24, 2.45) is 5.73 Å². The average Bonchev–Trinajstić information content (AvgIpc) is 2.25. The molecule has 3 N–H and O–H groups in total. The van der Waals surface area contributed by atoms with Gasteiger partial charge in [0.1, 0.15) is 5.82 Å². The van der Waals surface area contributed by atoms with Gasteiger partial charge in [0, 0.05) is 29.9 Å². The van der Waals surface area contributed by atoms with E-state index in [2.05, 4.69) is 4.90 Å². The molecule has 1 atom stereocenters. The first kappa shape index (κ1) is 13.3. The Morgan fingerprint density at radius 1 is 1.50 bits per heavy atom. The zero-order valence-electron chi connectivity index (χ0n) is 10.8. The van der Waals surface area contributed by atoms with Gasteiger partial charge < -0.3 is 15.7 Å². The third-order valence-corrected chi connectivity index (χ3v) is 3.65. The maximum atomic E-state index is 13.9. The van der Waals surface area contributed by atoms with Crippen LogP contribution in [0.25, 0.3) is 0 Å². The monoisotopic (exact) mass is 252 g/mol. The Hall–Kier alpha value is -1.13. The predicted molar refractivity (Wildman–Crippen MR) is 71.1 cm³/mol. The predicted octanol–water partition coefficient (Wildman–Crippen LogP) is 2.20. The first-order valence-electron chi connectivity index (χ1n) is 6.56. The second-order valence-electron chi connectivity index (χ2n) is 4.96. The molecule has 1 saturated carbocycles. The summed E-state index contributed by atoms with van der Waals surface area (Å²) >= 11 is 0. The largest absolute Gasteiger partial charge is 0.395 e. The van der Waals surface area contributed by atoms with Crippen LogP contribution < -0.4 is 10.6 Å². The summed E-state index contributed by atoms with van der Waals surface area (Å²) < 4.78 is 13.9. The quantitative estimate of drug-likeness (QED) is 0.844. The number of aliphatic hydroxyl groups is 1. The summed E-state index contributed by atoms with van der Waals surface area (Å²) in [5.41, 5.74) is 7.27. The van der Waals surface area contributed by atoms with Crippen molar-refractivity contribution >= 4 is 5.69 Å². The number of rotatable bonds is 5. The fraction of sp³-hybridized carbons (Fsp3) is 0.571. The third kappa shape index (κ3) is 2.49. The Kier molecular flexibility index (Phi) is 4.19. The van der Waals surface area contributed by atoms with Crippen molar-refractivity contribution in [2.45, 2.75) is 38.3 Å². The maximum absolute atomic E-state index is 13.9. The highest BCUT2D eigenvalue weighted by atomic mass is 19.1. The molecule has 1 aliphatic rings. The highest BCUT2D eigenvalue weighted by Gasteiger charge is 2.27. The van der Waals surface area contributed by atoms with Gasteiger partial charge in [-0.05, 0) is 38.3 Å². The van der Waals surface area contributed by atoms with Crippen LogP contribution in [0.3, 0.4) is 0 Å². The first-order chi connectivity index (χ1) is 8.65. The molecule has 2 rings (SSSR count). The fourth-order valence-corrected chi connectivity index (χ4v) is 2.53. The van der Waals surface area contributed by atoms with Crippen molar-refractivity contribution in [3.8, 4) is 0 Å². The number of benzene rings is 1. The van der Waals surface area contributed by atoms with Crippen LogP contribution in [0, 0.1) is 5.82 Å². The van der Waals surface area contributed by atoms with E-state index in [4.69, 9.17) is 5.73 Å². The molecule has 4 heteroatoms. The Morgan fingerprint density at radius 2 is 2.22 bits per heavy atom. The summed E-state index contributed by atoms with van der Waals surface area (Å²) in [7, 11) is 0. The topological polar surface area (TPSA) is 49.5 Å². The van der Waals surface area contributed by atoms with Crippen LogP contribution in [-0.4, -0.2) is 24.3 Å². The third-order valence-electron chi connectivity index (χ3n) is 3.65.